The van der Waals surface area contributed by atoms with Crippen molar-refractivity contribution in [2.24, 2.45) is 0 Å². The van der Waals surface area contributed by atoms with E-state index in [0.29, 0.717) is 36.0 Å². The number of fused-ring (bicyclic) bond motifs is 1. The number of aliphatic carboxylic acids is 1. The topological polar surface area (TPSA) is 94.1 Å². The van der Waals surface area contributed by atoms with Crippen LogP contribution in [0.5, 0.6) is 17.2 Å². The monoisotopic (exact) mass is 371 g/mol. The van der Waals surface area contributed by atoms with Crippen LogP contribution < -0.4 is 19.5 Å². The average molecular weight is 371 g/mol. The van der Waals surface area contributed by atoms with E-state index >= 15 is 0 Å². The molecule has 0 aromatic heterocycles. The Bertz CT molecular complexity index is 834. The average Bonchev–Trinajstić information content (AvgIpc) is 2.71. The van der Waals surface area contributed by atoms with Crippen molar-refractivity contribution in [2.75, 3.05) is 20.3 Å². The minimum absolute atomic E-state index is 0.180. The second-order valence-electron chi connectivity index (χ2n) is 6.09. The Kier molecular flexibility index (Phi) is 5.21. The fourth-order valence-electron chi connectivity index (χ4n) is 3.09. The van der Waals surface area contributed by atoms with Crippen LogP contribution in [0.2, 0.25) is 0 Å². The number of hydrogen-bond acceptors (Lipinski definition) is 5. The number of carboxylic acids is 1. The molecule has 0 aliphatic carbocycles. The van der Waals surface area contributed by atoms with Crippen molar-refractivity contribution in [3.05, 3.63) is 53.6 Å². The van der Waals surface area contributed by atoms with E-state index in [1.165, 1.54) is 19.2 Å². The number of hydrogen-bond donors (Lipinski definition) is 2. The molecule has 2 aromatic rings. The number of carbonyl (C=O) groups is 2. The molecule has 7 nitrogen and oxygen atoms in total. The molecule has 1 heterocycles. The predicted octanol–water partition coefficient (Wildman–Crippen LogP) is 2.59. The Balaban J connectivity index is 1.98. The van der Waals surface area contributed by atoms with Gasteiger partial charge in [-0.1, -0.05) is 37.3 Å². The van der Waals surface area contributed by atoms with Crippen LogP contribution in [-0.4, -0.2) is 37.3 Å². The highest BCUT2D eigenvalue weighted by Crippen LogP contribution is 2.40. The number of ether oxygens (including phenoxy) is 3. The van der Waals surface area contributed by atoms with Crippen LogP contribution in [0.4, 0.5) is 0 Å². The van der Waals surface area contributed by atoms with Crippen molar-refractivity contribution in [1.82, 2.24) is 5.32 Å². The van der Waals surface area contributed by atoms with Gasteiger partial charge in [0.15, 0.2) is 17.0 Å². The molecular weight excluding hydrogens is 350 g/mol. The smallest absolute Gasteiger partial charge is 0.334 e. The Morgan fingerprint density at radius 2 is 1.89 bits per heavy atom. The highest BCUT2D eigenvalue weighted by Gasteiger charge is 2.40. The molecule has 7 heteroatoms. The lowest BCUT2D eigenvalue weighted by Gasteiger charge is -2.30. The van der Waals surface area contributed by atoms with Crippen LogP contribution in [0.15, 0.2) is 42.5 Å². The maximum Gasteiger partial charge on any atom is 0.334 e. The number of rotatable bonds is 6. The van der Waals surface area contributed by atoms with E-state index in [1.54, 1.807) is 37.3 Å². The molecule has 1 aliphatic heterocycles. The van der Waals surface area contributed by atoms with Crippen molar-refractivity contribution < 1.29 is 28.9 Å². The van der Waals surface area contributed by atoms with Crippen molar-refractivity contribution in [3.8, 4) is 17.2 Å². The first-order chi connectivity index (χ1) is 13.0. The van der Waals surface area contributed by atoms with Crippen LogP contribution in [0.25, 0.3) is 0 Å². The highest BCUT2D eigenvalue weighted by atomic mass is 16.6. The summed E-state index contributed by atoms with van der Waals surface area (Å²) in [7, 11) is 1.47. The van der Waals surface area contributed by atoms with Gasteiger partial charge in [-0.3, -0.25) is 4.79 Å². The SMILES string of the molecule is CCC(NC(=O)c1cc(OC)c2c(c1)OCCO2)(C(=O)O)c1ccccc1. The molecule has 0 radical (unpaired) electrons. The maximum absolute atomic E-state index is 12.9. The van der Waals surface area contributed by atoms with Crippen molar-refractivity contribution in [2.45, 2.75) is 18.9 Å². The summed E-state index contributed by atoms with van der Waals surface area (Å²) in [5.74, 6) is -0.492. The molecule has 142 valence electrons. The fourth-order valence-corrected chi connectivity index (χ4v) is 3.09. The van der Waals surface area contributed by atoms with Crippen molar-refractivity contribution in [1.29, 1.82) is 0 Å². The summed E-state index contributed by atoms with van der Waals surface area (Å²) in [5, 5.41) is 12.6. The zero-order chi connectivity index (χ0) is 19.4. The Hall–Kier alpha value is -3.22. The van der Waals surface area contributed by atoms with Crippen LogP contribution >= 0.6 is 0 Å². The van der Waals surface area contributed by atoms with Gasteiger partial charge >= 0.3 is 5.97 Å². The van der Waals surface area contributed by atoms with Crippen molar-refractivity contribution in [3.63, 3.8) is 0 Å². The Labute approximate surface area is 156 Å². The largest absolute Gasteiger partial charge is 0.493 e. The van der Waals surface area contributed by atoms with E-state index < -0.39 is 17.4 Å². The summed E-state index contributed by atoms with van der Waals surface area (Å²) in [5.41, 5.74) is -0.817. The molecule has 27 heavy (non-hydrogen) atoms. The predicted molar refractivity (Wildman–Crippen MR) is 97.5 cm³/mol. The molecule has 2 aromatic carbocycles. The second kappa shape index (κ2) is 7.57. The number of carboxylic acid groups (broad SMARTS) is 1. The first-order valence-corrected chi connectivity index (χ1v) is 8.61. The standard InChI is InChI=1S/C20H21NO6/c1-3-20(19(23)24,14-7-5-4-6-8-14)21-18(22)13-11-15(25-2)17-16(12-13)26-9-10-27-17/h4-8,11-12H,3,9-10H2,1-2H3,(H,21,22)(H,23,24). The van der Waals surface area contributed by atoms with Gasteiger partial charge in [0.1, 0.15) is 13.2 Å². The van der Waals surface area contributed by atoms with E-state index in [4.69, 9.17) is 14.2 Å². The number of amides is 1. The minimum Gasteiger partial charge on any atom is -0.493 e. The number of carbonyl (C=O) groups excluding carboxylic acids is 1. The molecule has 1 aliphatic rings. The molecule has 0 spiro atoms. The molecule has 0 saturated heterocycles. The van der Waals surface area contributed by atoms with E-state index in [1.807, 2.05) is 0 Å². The molecule has 3 rings (SSSR count). The fraction of sp³-hybridized carbons (Fsp3) is 0.300. The van der Waals surface area contributed by atoms with Gasteiger partial charge in [-0.25, -0.2) is 4.79 Å². The summed E-state index contributed by atoms with van der Waals surface area (Å²) >= 11 is 0. The minimum atomic E-state index is -1.54. The third-order valence-corrected chi connectivity index (χ3v) is 4.58. The van der Waals surface area contributed by atoms with Crippen LogP contribution in [0.3, 0.4) is 0 Å². The summed E-state index contributed by atoms with van der Waals surface area (Å²) < 4.78 is 16.4. The third-order valence-electron chi connectivity index (χ3n) is 4.58. The van der Waals surface area contributed by atoms with Gasteiger partial charge < -0.3 is 24.6 Å². The van der Waals surface area contributed by atoms with E-state index in [-0.39, 0.29) is 12.0 Å². The van der Waals surface area contributed by atoms with Gasteiger partial charge in [0.2, 0.25) is 5.75 Å². The molecular formula is C20H21NO6. The Morgan fingerprint density at radius 1 is 1.19 bits per heavy atom. The lowest BCUT2D eigenvalue weighted by molar-refractivity contribution is -0.145. The van der Waals surface area contributed by atoms with E-state index in [2.05, 4.69) is 5.32 Å². The normalized spacial score (nSPS) is 14.7. The highest BCUT2D eigenvalue weighted by molar-refractivity contribution is 5.99. The zero-order valence-corrected chi connectivity index (χ0v) is 15.2. The van der Waals surface area contributed by atoms with Gasteiger partial charge in [0.05, 0.1) is 7.11 Å². The lowest BCUT2D eigenvalue weighted by atomic mass is 9.87. The lowest BCUT2D eigenvalue weighted by Crippen LogP contribution is -2.51. The number of nitrogens with one attached hydrogen (secondary N) is 1. The molecule has 0 bridgehead atoms. The van der Waals surface area contributed by atoms with E-state index in [9.17, 15) is 14.7 Å². The Morgan fingerprint density at radius 3 is 2.52 bits per heavy atom. The van der Waals surface area contributed by atoms with Gasteiger partial charge in [-0.2, -0.15) is 0 Å². The van der Waals surface area contributed by atoms with Crippen LogP contribution in [0, 0.1) is 0 Å². The zero-order valence-electron chi connectivity index (χ0n) is 15.2. The molecule has 0 fully saturated rings. The maximum atomic E-state index is 12.9. The molecule has 2 N–H and O–H groups in total. The van der Waals surface area contributed by atoms with Gasteiger partial charge in [0, 0.05) is 5.56 Å². The summed E-state index contributed by atoms with van der Waals surface area (Å²) in [4.78, 5) is 25.0. The quantitative estimate of drug-likeness (QED) is 0.811. The molecule has 1 amide bonds. The molecule has 1 unspecified atom stereocenters. The molecule has 0 saturated carbocycles. The van der Waals surface area contributed by atoms with Gasteiger partial charge in [0.25, 0.3) is 5.91 Å². The first-order valence-electron chi connectivity index (χ1n) is 8.61. The van der Waals surface area contributed by atoms with Gasteiger partial charge in [-0.15, -0.1) is 0 Å². The van der Waals surface area contributed by atoms with Crippen LogP contribution in [0.1, 0.15) is 29.3 Å². The summed E-state index contributed by atoms with van der Waals surface area (Å²) in [6.07, 6.45) is 0.180. The third kappa shape index (κ3) is 3.40. The van der Waals surface area contributed by atoms with E-state index in [0.717, 1.165) is 0 Å². The first kappa shape index (κ1) is 18.6. The summed E-state index contributed by atoms with van der Waals surface area (Å²) in [6, 6.07) is 11.7. The second-order valence-corrected chi connectivity index (χ2v) is 6.09. The summed E-state index contributed by atoms with van der Waals surface area (Å²) in [6.45, 7) is 2.46. The van der Waals surface area contributed by atoms with Gasteiger partial charge in [-0.05, 0) is 24.1 Å². The number of benzene rings is 2. The van der Waals surface area contributed by atoms with Crippen LogP contribution in [-0.2, 0) is 10.3 Å². The molecule has 1 atom stereocenters. The number of methoxy groups -OCH3 is 1. The van der Waals surface area contributed by atoms with Crippen molar-refractivity contribution >= 4 is 11.9 Å².